The maximum atomic E-state index is 10.9. The first-order valence-electron chi connectivity index (χ1n) is 10.2. The Bertz CT molecular complexity index is 310. The molecule has 0 amide bonds. The van der Waals surface area contributed by atoms with Crippen LogP contribution in [0, 0.1) is 0 Å². The third kappa shape index (κ3) is 17.4. The standard InChI is InChI=1S/C21H40O3/c1-3-4-5-6-7-8-9-10-11-12-13-14-15-16-17-18-20(22)19-21(23)24-2/h19,22H,3-18H2,1-2H3/b20-19-. The molecule has 0 aliphatic carbocycles. The molecular weight excluding hydrogens is 300 g/mol. The Balaban J connectivity index is 3.18. The summed E-state index contributed by atoms with van der Waals surface area (Å²) in [6, 6.07) is 0. The van der Waals surface area contributed by atoms with Gasteiger partial charge in [0.15, 0.2) is 0 Å². The van der Waals surface area contributed by atoms with E-state index in [4.69, 9.17) is 0 Å². The van der Waals surface area contributed by atoms with Gasteiger partial charge in [-0.25, -0.2) is 4.79 Å². The highest BCUT2D eigenvalue weighted by molar-refractivity contribution is 5.82. The molecular formula is C21H40O3. The van der Waals surface area contributed by atoms with Gasteiger partial charge in [0.05, 0.1) is 18.9 Å². The summed E-state index contributed by atoms with van der Waals surface area (Å²) in [4.78, 5) is 10.9. The number of aliphatic hydroxyl groups is 1. The first-order chi connectivity index (χ1) is 11.7. The summed E-state index contributed by atoms with van der Waals surface area (Å²) in [5, 5.41) is 9.51. The molecule has 0 fully saturated rings. The lowest BCUT2D eigenvalue weighted by molar-refractivity contribution is -0.135. The molecule has 0 aromatic rings. The SMILES string of the molecule is CCCCCCCCCCCCCCCCC/C(O)=C/C(=O)OC. The van der Waals surface area contributed by atoms with Gasteiger partial charge in [-0.15, -0.1) is 0 Å². The number of carbonyl (C=O) groups is 1. The minimum Gasteiger partial charge on any atom is -0.512 e. The molecule has 0 saturated carbocycles. The van der Waals surface area contributed by atoms with Crippen LogP contribution >= 0.6 is 0 Å². The number of methoxy groups -OCH3 is 1. The molecule has 0 spiro atoms. The van der Waals surface area contributed by atoms with Gasteiger partial charge in [0.25, 0.3) is 0 Å². The van der Waals surface area contributed by atoms with Gasteiger partial charge in [0.1, 0.15) is 0 Å². The molecule has 1 N–H and O–H groups in total. The van der Waals surface area contributed by atoms with Crippen molar-refractivity contribution in [1.82, 2.24) is 0 Å². The molecule has 0 heterocycles. The molecule has 3 heteroatoms. The Morgan fingerprint density at radius 1 is 0.750 bits per heavy atom. The van der Waals surface area contributed by atoms with Gasteiger partial charge in [-0.3, -0.25) is 0 Å². The normalized spacial score (nSPS) is 11.7. The molecule has 0 unspecified atom stereocenters. The average Bonchev–Trinajstić information content (AvgIpc) is 2.58. The highest BCUT2D eigenvalue weighted by Crippen LogP contribution is 2.14. The smallest absolute Gasteiger partial charge is 0.333 e. The summed E-state index contributed by atoms with van der Waals surface area (Å²) in [6.45, 7) is 2.27. The molecule has 0 aliphatic rings. The van der Waals surface area contributed by atoms with Crippen LogP contribution in [0.15, 0.2) is 11.8 Å². The van der Waals surface area contributed by atoms with E-state index in [9.17, 15) is 9.90 Å². The van der Waals surface area contributed by atoms with Gasteiger partial charge in [-0.2, -0.15) is 0 Å². The lowest BCUT2D eigenvalue weighted by Gasteiger charge is -2.03. The highest BCUT2D eigenvalue weighted by Gasteiger charge is 2.00. The molecule has 24 heavy (non-hydrogen) atoms. The Morgan fingerprint density at radius 2 is 1.12 bits per heavy atom. The number of allylic oxidation sites excluding steroid dienone is 1. The Labute approximate surface area is 149 Å². The predicted molar refractivity (Wildman–Crippen MR) is 102 cm³/mol. The van der Waals surface area contributed by atoms with E-state index in [0.717, 1.165) is 12.8 Å². The van der Waals surface area contributed by atoms with Crippen LogP contribution in [-0.4, -0.2) is 18.2 Å². The zero-order valence-corrected chi connectivity index (χ0v) is 16.2. The predicted octanol–water partition coefficient (Wildman–Crippen LogP) is 6.86. The zero-order chi connectivity index (χ0) is 17.9. The third-order valence-electron chi connectivity index (χ3n) is 4.52. The largest absolute Gasteiger partial charge is 0.512 e. The van der Waals surface area contributed by atoms with Gasteiger partial charge < -0.3 is 9.84 Å². The Kier molecular flexibility index (Phi) is 17.6. The summed E-state index contributed by atoms with van der Waals surface area (Å²) in [7, 11) is 1.32. The van der Waals surface area contributed by atoms with Crippen molar-refractivity contribution in [2.45, 2.75) is 110 Å². The summed E-state index contributed by atoms with van der Waals surface area (Å²) in [6.07, 6.45) is 21.7. The zero-order valence-electron chi connectivity index (χ0n) is 16.2. The Hall–Kier alpha value is -0.990. The molecule has 0 rings (SSSR count). The van der Waals surface area contributed by atoms with E-state index in [1.807, 2.05) is 0 Å². The van der Waals surface area contributed by atoms with E-state index in [2.05, 4.69) is 11.7 Å². The van der Waals surface area contributed by atoms with Gasteiger partial charge in [-0.1, -0.05) is 96.8 Å². The van der Waals surface area contributed by atoms with E-state index in [1.165, 1.54) is 96.7 Å². The molecule has 0 aliphatic heterocycles. The number of unbranched alkanes of at least 4 members (excludes halogenated alkanes) is 14. The van der Waals surface area contributed by atoms with Crippen molar-refractivity contribution in [2.24, 2.45) is 0 Å². The number of ether oxygens (including phenoxy) is 1. The number of hydrogen-bond acceptors (Lipinski definition) is 3. The van der Waals surface area contributed by atoms with Crippen LogP contribution in [0.1, 0.15) is 110 Å². The molecule has 0 radical (unpaired) electrons. The molecule has 0 atom stereocenters. The fourth-order valence-corrected chi connectivity index (χ4v) is 2.94. The van der Waals surface area contributed by atoms with Crippen molar-refractivity contribution in [1.29, 1.82) is 0 Å². The van der Waals surface area contributed by atoms with E-state index < -0.39 is 5.97 Å². The highest BCUT2D eigenvalue weighted by atomic mass is 16.5. The minimum absolute atomic E-state index is 0.136. The monoisotopic (exact) mass is 340 g/mol. The topological polar surface area (TPSA) is 46.5 Å². The molecule has 142 valence electrons. The minimum atomic E-state index is -0.478. The van der Waals surface area contributed by atoms with E-state index in [1.54, 1.807) is 0 Å². The van der Waals surface area contributed by atoms with Gasteiger partial charge >= 0.3 is 5.97 Å². The molecule has 0 aromatic carbocycles. The second-order valence-corrected chi connectivity index (χ2v) is 6.86. The first kappa shape index (κ1) is 23.0. The van der Waals surface area contributed by atoms with Crippen LogP contribution in [0.5, 0.6) is 0 Å². The third-order valence-corrected chi connectivity index (χ3v) is 4.52. The summed E-state index contributed by atoms with van der Waals surface area (Å²) in [5.74, 6) is -0.343. The number of hydrogen-bond donors (Lipinski definition) is 1. The fraction of sp³-hybridized carbons (Fsp3) is 0.857. The number of carbonyl (C=O) groups excluding carboxylic acids is 1. The molecule has 0 saturated heterocycles. The Morgan fingerprint density at radius 3 is 1.50 bits per heavy atom. The van der Waals surface area contributed by atoms with Crippen LogP contribution in [-0.2, 0) is 9.53 Å². The van der Waals surface area contributed by atoms with Gasteiger partial charge in [0.2, 0.25) is 0 Å². The first-order valence-corrected chi connectivity index (χ1v) is 10.2. The number of esters is 1. The molecule has 0 aromatic heterocycles. The average molecular weight is 341 g/mol. The van der Waals surface area contributed by atoms with Gasteiger partial charge in [0, 0.05) is 6.42 Å². The van der Waals surface area contributed by atoms with Crippen LogP contribution in [0.3, 0.4) is 0 Å². The fourth-order valence-electron chi connectivity index (χ4n) is 2.94. The van der Waals surface area contributed by atoms with Gasteiger partial charge in [-0.05, 0) is 6.42 Å². The van der Waals surface area contributed by atoms with Crippen molar-refractivity contribution >= 4 is 5.97 Å². The van der Waals surface area contributed by atoms with Crippen LogP contribution in [0.4, 0.5) is 0 Å². The summed E-state index contributed by atoms with van der Waals surface area (Å²) in [5.41, 5.74) is 0. The van der Waals surface area contributed by atoms with Crippen molar-refractivity contribution in [2.75, 3.05) is 7.11 Å². The number of aliphatic hydroxyl groups excluding tert-OH is 1. The summed E-state index contributed by atoms with van der Waals surface area (Å²) >= 11 is 0. The van der Waals surface area contributed by atoms with Crippen LogP contribution in [0.25, 0.3) is 0 Å². The molecule has 0 bridgehead atoms. The van der Waals surface area contributed by atoms with E-state index >= 15 is 0 Å². The quantitative estimate of drug-likeness (QED) is 0.136. The van der Waals surface area contributed by atoms with Crippen LogP contribution in [0.2, 0.25) is 0 Å². The second kappa shape index (κ2) is 18.4. The van der Waals surface area contributed by atoms with Crippen LogP contribution < -0.4 is 0 Å². The van der Waals surface area contributed by atoms with E-state index in [0.29, 0.717) is 6.42 Å². The van der Waals surface area contributed by atoms with E-state index in [-0.39, 0.29) is 5.76 Å². The lowest BCUT2D eigenvalue weighted by Crippen LogP contribution is -1.97. The van der Waals surface area contributed by atoms with Crippen molar-refractivity contribution in [3.63, 3.8) is 0 Å². The lowest BCUT2D eigenvalue weighted by atomic mass is 10.0. The number of rotatable bonds is 17. The van der Waals surface area contributed by atoms with Crippen molar-refractivity contribution in [3.8, 4) is 0 Å². The second-order valence-electron chi connectivity index (χ2n) is 6.86. The van der Waals surface area contributed by atoms with Crippen molar-refractivity contribution < 1.29 is 14.6 Å². The van der Waals surface area contributed by atoms with Crippen molar-refractivity contribution in [3.05, 3.63) is 11.8 Å². The molecule has 3 nitrogen and oxygen atoms in total. The maximum Gasteiger partial charge on any atom is 0.333 e. The summed E-state index contributed by atoms with van der Waals surface area (Å²) < 4.78 is 4.47. The maximum absolute atomic E-state index is 10.9.